The predicted molar refractivity (Wildman–Crippen MR) is 58.2 cm³/mol. The molecule has 3 rings (SSSR count). The molecule has 0 amide bonds. The third-order valence-corrected chi connectivity index (χ3v) is 4.01. The highest BCUT2D eigenvalue weighted by Gasteiger charge is 2.40. The fourth-order valence-electron chi connectivity index (χ4n) is 2.17. The Morgan fingerprint density at radius 2 is 2.07 bits per heavy atom. The van der Waals surface area contributed by atoms with E-state index in [0.29, 0.717) is 0 Å². The Hall–Kier alpha value is -0.410. The van der Waals surface area contributed by atoms with Gasteiger partial charge >= 0.3 is 0 Å². The molecule has 0 aromatic carbocycles. The molecule has 0 saturated heterocycles. The van der Waals surface area contributed by atoms with E-state index in [1.165, 1.54) is 30.7 Å². The van der Waals surface area contributed by atoms with Gasteiger partial charge in [-0.3, -0.25) is 0 Å². The van der Waals surface area contributed by atoms with E-state index in [1.807, 2.05) is 6.20 Å². The van der Waals surface area contributed by atoms with Crippen molar-refractivity contribution in [2.45, 2.75) is 38.3 Å². The zero-order valence-electron chi connectivity index (χ0n) is 8.28. The summed E-state index contributed by atoms with van der Waals surface area (Å²) in [6, 6.07) is 0.805. The average Bonchev–Trinajstić information content (AvgIpc) is 3.09. The second kappa shape index (κ2) is 3.63. The van der Waals surface area contributed by atoms with Crippen molar-refractivity contribution in [2.24, 2.45) is 11.8 Å². The number of nitrogens with one attached hydrogen (secondary N) is 1. The minimum absolute atomic E-state index is 0.805. The molecule has 0 spiro atoms. The summed E-state index contributed by atoms with van der Waals surface area (Å²) in [5.41, 5.74) is 0. The van der Waals surface area contributed by atoms with E-state index < -0.39 is 0 Å². The lowest BCUT2D eigenvalue weighted by molar-refractivity contribution is 0.415. The molecule has 0 unspecified atom stereocenters. The Balaban J connectivity index is 1.54. The Labute approximate surface area is 88.7 Å². The van der Waals surface area contributed by atoms with Crippen molar-refractivity contribution in [1.82, 2.24) is 10.3 Å². The number of nitrogens with zero attached hydrogens (tertiary/aromatic N) is 1. The minimum atomic E-state index is 0.805. The molecule has 2 fully saturated rings. The molecule has 0 radical (unpaired) electrons. The van der Waals surface area contributed by atoms with Gasteiger partial charge in [0.05, 0.1) is 0 Å². The van der Waals surface area contributed by atoms with Crippen molar-refractivity contribution < 1.29 is 0 Å². The van der Waals surface area contributed by atoms with Crippen molar-refractivity contribution in [3.8, 4) is 0 Å². The van der Waals surface area contributed by atoms with Gasteiger partial charge in [-0.15, -0.1) is 11.3 Å². The zero-order valence-corrected chi connectivity index (χ0v) is 9.09. The molecule has 1 aromatic rings. The monoisotopic (exact) mass is 208 g/mol. The minimum Gasteiger partial charge on any atom is -0.307 e. The molecular formula is C11H16N2S. The van der Waals surface area contributed by atoms with Crippen molar-refractivity contribution in [2.75, 3.05) is 0 Å². The Kier molecular flexibility index (Phi) is 2.30. The number of hydrogen-bond donors (Lipinski definition) is 1. The average molecular weight is 208 g/mol. The SMILES string of the molecule is c1csc(CNC(C2CC2)C2CC2)n1. The normalized spacial score (nSPS) is 21.8. The molecule has 0 aliphatic heterocycles. The van der Waals surface area contributed by atoms with Crippen molar-refractivity contribution in [1.29, 1.82) is 0 Å². The number of hydrogen-bond acceptors (Lipinski definition) is 3. The summed E-state index contributed by atoms with van der Waals surface area (Å²) in [5.74, 6) is 1.98. The highest BCUT2D eigenvalue weighted by molar-refractivity contribution is 7.09. The molecule has 1 N–H and O–H groups in total. The largest absolute Gasteiger partial charge is 0.307 e. The third kappa shape index (κ3) is 1.98. The summed E-state index contributed by atoms with van der Waals surface area (Å²) < 4.78 is 0. The van der Waals surface area contributed by atoms with Gasteiger partial charge in [-0.2, -0.15) is 0 Å². The van der Waals surface area contributed by atoms with Gasteiger partial charge in [-0.25, -0.2) is 4.98 Å². The number of aromatic nitrogens is 1. The second-order valence-electron chi connectivity index (χ2n) is 4.51. The molecule has 76 valence electrons. The first-order chi connectivity index (χ1) is 6.93. The van der Waals surface area contributed by atoms with E-state index in [9.17, 15) is 0 Å². The van der Waals surface area contributed by atoms with Crippen molar-refractivity contribution >= 4 is 11.3 Å². The first-order valence-corrected chi connectivity index (χ1v) is 6.43. The maximum absolute atomic E-state index is 4.30. The summed E-state index contributed by atoms with van der Waals surface area (Å²) in [4.78, 5) is 4.30. The van der Waals surface area contributed by atoms with Gasteiger partial charge in [-0.1, -0.05) is 0 Å². The summed E-state index contributed by atoms with van der Waals surface area (Å²) in [5, 5.41) is 6.98. The van der Waals surface area contributed by atoms with Crippen LogP contribution in [0.3, 0.4) is 0 Å². The highest BCUT2D eigenvalue weighted by Crippen LogP contribution is 2.44. The van der Waals surface area contributed by atoms with Crippen LogP contribution < -0.4 is 5.32 Å². The molecule has 14 heavy (non-hydrogen) atoms. The van der Waals surface area contributed by atoms with Crippen LogP contribution in [0.5, 0.6) is 0 Å². The maximum Gasteiger partial charge on any atom is 0.106 e. The van der Waals surface area contributed by atoms with Crippen LogP contribution in [0.15, 0.2) is 11.6 Å². The quantitative estimate of drug-likeness (QED) is 0.804. The maximum atomic E-state index is 4.30. The fraction of sp³-hybridized carbons (Fsp3) is 0.727. The van der Waals surface area contributed by atoms with E-state index in [4.69, 9.17) is 0 Å². The molecule has 1 heterocycles. The van der Waals surface area contributed by atoms with Crippen molar-refractivity contribution in [3.05, 3.63) is 16.6 Å². The van der Waals surface area contributed by atoms with Gasteiger partial charge < -0.3 is 5.32 Å². The van der Waals surface area contributed by atoms with Gasteiger partial charge in [0, 0.05) is 24.2 Å². The van der Waals surface area contributed by atoms with Crippen LogP contribution in [0.2, 0.25) is 0 Å². The van der Waals surface area contributed by atoms with Gasteiger partial charge in [0.25, 0.3) is 0 Å². The van der Waals surface area contributed by atoms with Gasteiger partial charge in [0.1, 0.15) is 5.01 Å². The summed E-state index contributed by atoms with van der Waals surface area (Å²) in [7, 11) is 0. The van der Waals surface area contributed by atoms with Crippen LogP contribution in [0.1, 0.15) is 30.7 Å². The number of rotatable bonds is 5. The molecular weight excluding hydrogens is 192 g/mol. The first kappa shape index (κ1) is 8.86. The van der Waals surface area contributed by atoms with Gasteiger partial charge in [-0.05, 0) is 37.5 Å². The van der Waals surface area contributed by atoms with Crippen LogP contribution in [0, 0.1) is 11.8 Å². The van der Waals surface area contributed by atoms with Crippen LogP contribution in [0.4, 0.5) is 0 Å². The van der Waals surface area contributed by atoms with E-state index in [2.05, 4.69) is 15.7 Å². The van der Waals surface area contributed by atoms with E-state index in [1.54, 1.807) is 11.3 Å². The molecule has 2 aliphatic rings. The lowest BCUT2D eigenvalue weighted by Crippen LogP contribution is -2.32. The lowest BCUT2D eigenvalue weighted by atomic mass is 10.1. The Morgan fingerprint density at radius 1 is 1.36 bits per heavy atom. The molecule has 2 aliphatic carbocycles. The summed E-state index contributed by atoms with van der Waals surface area (Å²) >= 11 is 1.76. The van der Waals surface area contributed by atoms with E-state index in [-0.39, 0.29) is 0 Å². The molecule has 2 nitrogen and oxygen atoms in total. The Bertz CT molecular complexity index is 276. The van der Waals surface area contributed by atoms with E-state index >= 15 is 0 Å². The molecule has 1 aromatic heterocycles. The smallest absolute Gasteiger partial charge is 0.106 e. The second-order valence-corrected chi connectivity index (χ2v) is 5.49. The first-order valence-electron chi connectivity index (χ1n) is 5.55. The third-order valence-electron chi connectivity index (χ3n) is 3.23. The standard InChI is InChI=1S/C11H16N2S/c1-2-8(1)11(9-3-4-9)13-7-10-12-5-6-14-10/h5-6,8-9,11,13H,1-4,7H2. The summed E-state index contributed by atoms with van der Waals surface area (Å²) in [6.45, 7) is 0.981. The van der Waals surface area contributed by atoms with Crippen LogP contribution in [-0.2, 0) is 6.54 Å². The molecule has 0 atom stereocenters. The van der Waals surface area contributed by atoms with Gasteiger partial charge in [0.15, 0.2) is 0 Å². The van der Waals surface area contributed by atoms with Crippen LogP contribution >= 0.6 is 11.3 Å². The fourth-order valence-corrected chi connectivity index (χ4v) is 2.74. The molecule has 0 bridgehead atoms. The summed E-state index contributed by atoms with van der Waals surface area (Å²) in [6.07, 6.45) is 7.70. The lowest BCUT2D eigenvalue weighted by Gasteiger charge is -2.16. The molecule has 3 heteroatoms. The van der Waals surface area contributed by atoms with Crippen LogP contribution in [-0.4, -0.2) is 11.0 Å². The van der Waals surface area contributed by atoms with E-state index in [0.717, 1.165) is 24.4 Å². The van der Waals surface area contributed by atoms with Crippen molar-refractivity contribution in [3.63, 3.8) is 0 Å². The number of thiazole rings is 1. The highest BCUT2D eigenvalue weighted by atomic mass is 32.1. The zero-order chi connectivity index (χ0) is 9.38. The topological polar surface area (TPSA) is 24.9 Å². The Morgan fingerprint density at radius 3 is 2.57 bits per heavy atom. The molecule has 2 saturated carbocycles. The predicted octanol–water partition coefficient (Wildman–Crippen LogP) is 2.42. The van der Waals surface area contributed by atoms with Gasteiger partial charge in [0.2, 0.25) is 0 Å². The van der Waals surface area contributed by atoms with Crippen LogP contribution in [0.25, 0.3) is 0 Å².